The van der Waals surface area contributed by atoms with Crippen LogP contribution in [-0.4, -0.2) is 35.1 Å². The lowest BCUT2D eigenvalue weighted by Gasteiger charge is -2.33. The maximum atomic E-state index is 12.6. The molecule has 26 heavy (non-hydrogen) atoms. The van der Waals surface area contributed by atoms with Crippen molar-refractivity contribution >= 4 is 17.6 Å². The molecule has 1 aromatic carbocycles. The van der Waals surface area contributed by atoms with E-state index in [-0.39, 0.29) is 23.9 Å². The van der Waals surface area contributed by atoms with E-state index in [1.807, 2.05) is 0 Å². The predicted octanol–water partition coefficient (Wildman–Crippen LogP) is 0.572. The van der Waals surface area contributed by atoms with E-state index in [0.717, 1.165) is 31.2 Å². The van der Waals surface area contributed by atoms with Crippen LogP contribution in [0.1, 0.15) is 41.6 Å². The molecule has 1 saturated carbocycles. The van der Waals surface area contributed by atoms with E-state index in [9.17, 15) is 9.59 Å². The average molecular weight is 357 g/mol. The zero-order chi connectivity index (χ0) is 18.9. The minimum atomic E-state index is -0.494. The van der Waals surface area contributed by atoms with Gasteiger partial charge in [0.15, 0.2) is 5.84 Å². The minimum absolute atomic E-state index is 0.0168. The van der Waals surface area contributed by atoms with Crippen molar-refractivity contribution in [2.45, 2.75) is 37.8 Å². The first-order valence-corrected chi connectivity index (χ1v) is 8.50. The molecule has 1 aromatic rings. The van der Waals surface area contributed by atoms with Crippen molar-refractivity contribution < 1.29 is 14.4 Å². The largest absolute Gasteiger partial charge is 0.399 e. The van der Waals surface area contributed by atoms with Gasteiger partial charge in [0.05, 0.1) is 11.2 Å². The number of carbonyl (C=O) groups excluding carboxylic acids is 2. The highest BCUT2D eigenvalue weighted by Gasteiger charge is 2.51. The Morgan fingerprint density at radius 2 is 1.85 bits per heavy atom. The van der Waals surface area contributed by atoms with E-state index in [2.05, 4.69) is 5.16 Å². The van der Waals surface area contributed by atoms with Gasteiger partial charge in [0, 0.05) is 12.6 Å². The Hall–Kier alpha value is -3.03. The van der Waals surface area contributed by atoms with Crippen molar-refractivity contribution in [1.29, 1.82) is 0 Å². The van der Waals surface area contributed by atoms with E-state index in [0.29, 0.717) is 11.3 Å². The monoisotopic (exact) mass is 357 g/mol. The van der Waals surface area contributed by atoms with Crippen LogP contribution in [0.4, 0.5) is 0 Å². The number of benzene rings is 1. The van der Waals surface area contributed by atoms with Crippen LogP contribution in [0.5, 0.6) is 0 Å². The fraction of sp³-hybridized carbons (Fsp3) is 0.389. The summed E-state index contributed by atoms with van der Waals surface area (Å²) in [6, 6.07) is 6.63. The standard InChI is InChI=1S/C18H23N5O3/c1-23-17(25)13(14(19)18(23)8-2-3-9-18)15(20)22-26-10-11-4-6-12(7-5-11)16(21)24/h4-7H,2-3,8-10,19H2,1H3,(H2,20,22)(H2,21,24). The van der Waals surface area contributed by atoms with Crippen molar-refractivity contribution in [1.82, 2.24) is 4.90 Å². The molecule has 1 aliphatic carbocycles. The maximum Gasteiger partial charge on any atom is 0.260 e. The quantitative estimate of drug-likeness (QED) is 0.402. The second kappa shape index (κ2) is 6.70. The lowest BCUT2D eigenvalue weighted by atomic mass is 9.93. The molecular weight excluding hydrogens is 334 g/mol. The lowest BCUT2D eigenvalue weighted by Crippen LogP contribution is -2.45. The molecule has 2 aliphatic rings. The number of nitrogens with zero attached hydrogens (tertiary/aromatic N) is 2. The van der Waals surface area contributed by atoms with Crippen LogP contribution in [-0.2, 0) is 16.2 Å². The predicted molar refractivity (Wildman–Crippen MR) is 96.6 cm³/mol. The van der Waals surface area contributed by atoms with Crippen molar-refractivity contribution in [2.75, 3.05) is 7.05 Å². The Morgan fingerprint density at radius 1 is 1.23 bits per heavy atom. The summed E-state index contributed by atoms with van der Waals surface area (Å²) >= 11 is 0. The van der Waals surface area contributed by atoms with Crippen LogP contribution in [0.2, 0.25) is 0 Å². The summed E-state index contributed by atoms with van der Waals surface area (Å²) in [5, 5.41) is 3.87. The third-order valence-electron chi connectivity index (χ3n) is 5.25. The van der Waals surface area contributed by atoms with Gasteiger partial charge in [-0.05, 0) is 30.5 Å². The summed E-state index contributed by atoms with van der Waals surface area (Å²) in [5.74, 6) is -0.733. The van der Waals surface area contributed by atoms with Crippen LogP contribution >= 0.6 is 0 Å². The molecule has 138 valence electrons. The Kier molecular flexibility index (Phi) is 4.58. The second-order valence-corrected chi connectivity index (χ2v) is 6.70. The van der Waals surface area contributed by atoms with Crippen LogP contribution in [0.15, 0.2) is 40.7 Å². The van der Waals surface area contributed by atoms with Crippen molar-refractivity contribution in [3.63, 3.8) is 0 Å². The highest BCUT2D eigenvalue weighted by atomic mass is 16.6. The highest BCUT2D eigenvalue weighted by Crippen LogP contribution is 2.44. The van der Waals surface area contributed by atoms with E-state index >= 15 is 0 Å². The third-order valence-corrected chi connectivity index (χ3v) is 5.25. The Bertz CT molecular complexity index is 792. The number of amides is 2. The summed E-state index contributed by atoms with van der Waals surface area (Å²) in [7, 11) is 1.75. The summed E-state index contributed by atoms with van der Waals surface area (Å²) in [6.07, 6.45) is 3.73. The number of likely N-dealkylation sites (N-methyl/N-ethyl adjacent to an activating group) is 1. The van der Waals surface area contributed by atoms with Crippen molar-refractivity contribution in [3.05, 3.63) is 46.7 Å². The van der Waals surface area contributed by atoms with Gasteiger partial charge in [-0.15, -0.1) is 0 Å². The SMILES string of the molecule is CN1C(=O)C(/C(N)=N\OCc2ccc(C(N)=O)cc2)=C(N)C12CCCC2. The number of nitrogens with two attached hydrogens (primary N) is 3. The molecule has 0 saturated heterocycles. The van der Waals surface area contributed by atoms with Gasteiger partial charge >= 0.3 is 0 Å². The Balaban J connectivity index is 1.72. The number of hydrogen-bond donors (Lipinski definition) is 3. The summed E-state index contributed by atoms with van der Waals surface area (Å²) in [6.45, 7) is 0.141. The lowest BCUT2D eigenvalue weighted by molar-refractivity contribution is -0.127. The van der Waals surface area contributed by atoms with Gasteiger partial charge in [-0.3, -0.25) is 9.59 Å². The number of amidine groups is 1. The zero-order valence-corrected chi connectivity index (χ0v) is 14.7. The summed E-state index contributed by atoms with van der Waals surface area (Å²) in [4.78, 5) is 30.6. The summed E-state index contributed by atoms with van der Waals surface area (Å²) < 4.78 is 0. The first-order chi connectivity index (χ1) is 12.4. The van der Waals surface area contributed by atoms with Crippen LogP contribution in [0, 0.1) is 0 Å². The number of primary amides is 1. The number of oxime groups is 1. The molecule has 6 N–H and O–H groups in total. The van der Waals surface area contributed by atoms with E-state index in [1.165, 1.54) is 0 Å². The molecule has 1 fully saturated rings. The normalized spacial score (nSPS) is 19.5. The second-order valence-electron chi connectivity index (χ2n) is 6.70. The van der Waals surface area contributed by atoms with E-state index in [1.54, 1.807) is 36.2 Å². The first kappa shape index (κ1) is 17.8. The highest BCUT2D eigenvalue weighted by molar-refractivity contribution is 6.22. The van der Waals surface area contributed by atoms with Gasteiger partial charge in [0.25, 0.3) is 5.91 Å². The number of rotatable bonds is 5. The molecule has 1 spiro atoms. The fourth-order valence-corrected chi connectivity index (χ4v) is 3.69. The minimum Gasteiger partial charge on any atom is -0.399 e. The molecule has 1 aliphatic heterocycles. The van der Waals surface area contributed by atoms with Crippen LogP contribution in [0.3, 0.4) is 0 Å². The summed E-state index contributed by atoms with van der Waals surface area (Å²) in [5.41, 5.74) is 19.0. The third kappa shape index (κ3) is 2.87. The molecule has 0 unspecified atom stereocenters. The van der Waals surface area contributed by atoms with E-state index in [4.69, 9.17) is 22.0 Å². The molecule has 1 heterocycles. The van der Waals surface area contributed by atoms with Crippen molar-refractivity contribution in [3.8, 4) is 0 Å². The molecule has 3 rings (SSSR count). The molecule has 2 amide bonds. The van der Waals surface area contributed by atoms with Gasteiger partial charge in [-0.2, -0.15) is 0 Å². The number of hydrogen-bond acceptors (Lipinski definition) is 5. The molecule has 8 heteroatoms. The molecule has 0 atom stereocenters. The molecular formula is C18H23N5O3. The number of carbonyl (C=O) groups is 2. The topological polar surface area (TPSA) is 137 Å². The van der Waals surface area contributed by atoms with E-state index < -0.39 is 11.4 Å². The molecule has 0 aromatic heterocycles. The van der Waals surface area contributed by atoms with Crippen LogP contribution < -0.4 is 17.2 Å². The molecule has 0 radical (unpaired) electrons. The smallest absolute Gasteiger partial charge is 0.260 e. The zero-order valence-electron chi connectivity index (χ0n) is 14.7. The van der Waals surface area contributed by atoms with Gasteiger partial charge in [0.1, 0.15) is 12.2 Å². The Labute approximate surface area is 151 Å². The van der Waals surface area contributed by atoms with Gasteiger partial charge in [-0.1, -0.05) is 30.1 Å². The van der Waals surface area contributed by atoms with Gasteiger partial charge in [0.2, 0.25) is 5.91 Å². The van der Waals surface area contributed by atoms with Crippen LogP contribution in [0.25, 0.3) is 0 Å². The van der Waals surface area contributed by atoms with Gasteiger partial charge in [-0.25, -0.2) is 0 Å². The van der Waals surface area contributed by atoms with Gasteiger partial charge < -0.3 is 26.9 Å². The molecule has 0 bridgehead atoms. The molecule has 8 nitrogen and oxygen atoms in total. The fourth-order valence-electron chi connectivity index (χ4n) is 3.69. The Morgan fingerprint density at radius 3 is 2.42 bits per heavy atom. The first-order valence-electron chi connectivity index (χ1n) is 8.50. The average Bonchev–Trinajstić information content (AvgIpc) is 3.18. The maximum absolute atomic E-state index is 12.6. The van der Waals surface area contributed by atoms with Crippen molar-refractivity contribution in [2.24, 2.45) is 22.4 Å².